The molecule has 106 valence electrons. The Kier molecular flexibility index (Phi) is 3.23. The molecule has 0 saturated carbocycles. The van der Waals surface area contributed by atoms with Crippen LogP contribution in [0.25, 0.3) is 10.2 Å². The first-order valence-electron chi connectivity index (χ1n) is 6.19. The minimum absolute atomic E-state index is 0.278. The lowest BCUT2D eigenvalue weighted by Gasteiger charge is -2.10. The Labute approximate surface area is 123 Å². The van der Waals surface area contributed by atoms with Crippen LogP contribution in [0.4, 0.5) is 0 Å². The van der Waals surface area contributed by atoms with Crippen LogP contribution in [0.15, 0.2) is 46.6 Å². The zero-order chi connectivity index (χ0) is 15.0. The quantitative estimate of drug-likeness (QED) is 0.779. The summed E-state index contributed by atoms with van der Waals surface area (Å²) >= 11 is 1.19. The molecule has 3 aromatic rings. The largest absolute Gasteiger partial charge is 0.502 e. The van der Waals surface area contributed by atoms with Gasteiger partial charge in [0.2, 0.25) is 0 Å². The second-order valence-corrected chi connectivity index (χ2v) is 5.46. The smallest absolute Gasteiger partial charge is 0.341 e. The number of aromatic hydroxyl groups is 1. The number of carboxylic acid groups (broad SMARTS) is 1. The summed E-state index contributed by atoms with van der Waals surface area (Å²) in [6, 6.07) is 11.0. The lowest BCUT2D eigenvalue weighted by molar-refractivity contribution is 0.0695. The van der Waals surface area contributed by atoms with E-state index in [1.54, 1.807) is 11.4 Å². The fraction of sp³-hybridized carbons (Fsp3) is 0.0667. The summed E-state index contributed by atoms with van der Waals surface area (Å²) < 4.78 is 1.79. The Balaban J connectivity index is 2.27. The number of fused-ring (bicyclic) bond motifs is 1. The topological polar surface area (TPSA) is 79.5 Å². The van der Waals surface area contributed by atoms with Crippen LogP contribution in [0.1, 0.15) is 15.9 Å². The molecule has 1 aromatic carbocycles. The van der Waals surface area contributed by atoms with Crippen LogP contribution < -0.4 is 5.56 Å². The monoisotopic (exact) mass is 301 g/mol. The predicted octanol–water partition coefficient (Wildman–Crippen LogP) is 2.52. The van der Waals surface area contributed by atoms with Crippen LogP contribution in [0, 0.1) is 0 Å². The number of rotatable bonds is 3. The lowest BCUT2D eigenvalue weighted by atomic mass is 10.2. The third-order valence-corrected chi connectivity index (χ3v) is 4.17. The highest BCUT2D eigenvalue weighted by Gasteiger charge is 2.22. The number of thiophene rings is 1. The molecule has 0 radical (unpaired) electrons. The summed E-state index contributed by atoms with van der Waals surface area (Å²) in [7, 11) is 0. The van der Waals surface area contributed by atoms with Crippen molar-refractivity contribution in [3.63, 3.8) is 0 Å². The first-order chi connectivity index (χ1) is 10.1. The summed E-state index contributed by atoms with van der Waals surface area (Å²) in [5.74, 6) is -2.02. The maximum absolute atomic E-state index is 12.3. The van der Waals surface area contributed by atoms with Crippen LogP contribution in [-0.2, 0) is 6.54 Å². The molecule has 0 bridgehead atoms. The van der Waals surface area contributed by atoms with Crippen molar-refractivity contribution in [2.75, 3.05) is 0 Å². The van der Waals surface area contributed by atoms with Gasteiger partial charge in [-0.3, -0.25) is 9.36 Å². The molecule has 2 aromatic heterocycles. The molecule has 2 N–H and O–H groups in total. The normalized spacial score (nSPS) is 10.9. The van der Waals surface area contributed by atoms with E-state index in [1.807, 2.05) is 30.3 Å². The third kappa shape index (κ3) is 2.19. The highest BCUT2D eigenvalue weighted by Crippen LogP contribution is 2.29. The average molecular weight is 301 g/mol. The maximum Gasteiger partial charge on any atom is 0.341 e. The van der Waals surface area contributed by atoms with Gasteiger partial charge in [0.1, 0.15) is 5.56 Å². The number of aromatic nitrogens is 1. The molecule has 2 heterocycles. The molecule has 0 spiro atoms. The van der Waals surface area contributed by atoms with Crippen molar-refractivity contribution in [2.24, 2.45) is 0 Å². The van der Waals surface area contributed by atoms with Gasteiger partial charge in [0.05, 0.1) is 16.8 Å². The van der Waals surface area contributed by atoms with Gasteiger partial charge in [0.25, 0.3) is 5.56 Å². The van der Waals surface area contributed by atoms with Crippen LogP contribution in [0.2, 0.25) is 0 Å². The molecular formula is C15H11NO4S. The highest BCUT2D eigenvalue weighted by atomic mass is 32.1. The Morgan fingerprint density at radius 3 is 2.57 bits per heavy atom. The number of hydrogen-bond donors (Lipinski definition) is 2. The molecule has 6 heteroatoms. The zero-order valence-electron chi connectivity index (χ0n) is 10.8. The van der Waals surface area contributed by atoms with Crippen molar-refractivity contribution in [2.45, 2.75) is 6.54 Å². The van der Waals surface area contributed by atoms with Gasteiger partial charge in [-0.25, -0.2) is 4.79 Å². The number of pyridine rings is 1. The highest BCUT2D eigenvalue weighted by molar-refractivity contribution is 7.17. The van der Waals surface area contributed by atoms with Crippen molar-refractivity contribution in [3.8, 4) is 5.75 Å². The zero-order valence-corrected chi connectivity index (χ0v) is 11.6. The molecule has 0 saturated heterocycles. The van der Waals surface area contributed by atoms with E-state index in [0.717, 1.165) is 5.56 Å². The summed E-state index contributed by atoms with van der Waals surface area (Å²) in [5, 5.41) is 20.8. The summed E-state index contributed by atoms with van der Waals surface area (Å²) in [6.45, 7) is 0.278. The van der Waals surface area contributed by atoms with E-state index in [1.165, 1.54) is 15.9 Å². The SMILES string of the molecule is O=C(O)c1c(O)c(=O)n(Cc2ccccc2)c2ccsc12. The van der Waals surface area contributed by atoms with Crippen LogP contribution in [0.5, 0.6) is 5.75 Å². The van der Waals surface area contributed by atoms with E-state index < -0.39 is 17.3 Å². The summed E-state index contributed by atoms with van der Waals surface area (Å²) in [5.41, 5.74) is 0.398. The van der Waals surface area contributed by atoms with Gasteiger partial charge >= 0.3 is 5.97 Å². The van der Waals surface area contributed by atoms with Gasteiger partial charge in [-0.1, -0.05) is 30.3 Å². The second kappa shape index (κ2) is 5.06. The fourth-order valence-corrected chi connectivity index (χ4v) is 3.21. The standard InChI is InChI=1S/C15H11NO4S/c17-12-11(15(19)20)13-10(6-7-21-13)16(14(12)18)8-9-4-2-1-3-5-9/h1-7,17H,8H2,(H,19,20). The first kappa shape index (κ1) is 13.4. The Morgan fingerprint density at radius 1 is 1.19 bits per heavy atom. The predicted molar refractivity (Wildman–Crippen MR) is 80.3 cm³/mol. The Hall–Kier alpha value is -2.60. The van der Waals surface area contributed by atoms with E-state index in [-0.39, 0.29) is 12.1 Å². The number of carboxylic acids is 1. The lowest BCUT2D eigenvalue weighted by Crippen LogP contribution is -2.22. The summed E-state index contributed by atoms with van der Waals surface area (Å²) in [6.07, 6.45) is 0. The van der Waals surface area contributed by atoms with E-state index in [2.05, 4.69) is 0 Å². The first-order valence-corrected chi connectivity index (χ1v) is 7.07. The van der Waals surface area contributed by atoms with Crippen molar-refractivity contribution in [3.05, 3.63) is 63.3 Å². The molecule has 5 nitrogen and oxygen atoms in total. The van der Waals surface area contributed by atoms with Gasteiger partial charge in [-0.05, 0) is 17.0 Å². The minimum Gasteiger partial charge on any atom is -0.502 e. The average Bonchev–Trinajstić information content (AvgIpc) is 2.93. The number of nitrogens with zero attached hydrogens (tertiary/aromatic N) is 1. The van der Waals surface area contributed by atoms with E-state index in [0.29, 0.717) is 10.2 Å². The number of hydrogen-bond acceptors (Lipinski definition) is 4. The number of benzene rings is 1. The maximum atomic E-state index is 12.3. The molecule has 0 aliphatic heterocycles. The van der Waals surface area contributed by atoms with Gasteiger partial charge in [-0.2, -0.15) is 0 Å². The van der Waals surface area contributed by atoms with Gasteiger partial charge in [0.15, 0.2) is 5.75 Å². The van der Waals surface area contributed by atoms with Crippen LogP contribution >= 0.6 is 11.3 Å². The van der Waals surface area contributed by atoms with Crippen LogP contribution in [0.3, 0.4) is 0 Å². The number of carbonyl (C=O) groups is 1. The van der Waals surface area contributed by atoms with Crippen molar-refractivity contribution in [1.82, 2.24) is 4.57 Å². The molecule has 21 heavy (non-hydrogen) atoms. The van der Waals surface area contributed by atoms with Crippen molar-refractivity contribution in [1.29, 1.82) is 0 Å². The second-order valence-electron chi connectivity index (χ2n) is 4.54. The molecular weight excluding hydrogens is 290 g/mol. The van der Waals surface area contributed by atoms with Gasteiger partial charge in [0, 0.05) is 0 Å². The molecule has 0 aliphatic carbocycles. The molecule has 0 atom stereocenters. The Bertz CT molecular complexity index is 880. The van der Waals surface area contributed by atoms with E-state index >= 15 is 0 Å². The molecule has 3 rings (SSSR count). The number of aromatic carboxylic acids is 1. The molecule has 0 aliphatic rings. The van der Waals surface area contributed by atoms with Crippen LogP contribution in [-0.4, -0.2) is 20.7 Å². The summed E-state index contributed by atoms with van der Waals surface area (Å²) in [4.78, 5) is 23.5. The van der Waals surface area contributed by atoms with Gasteiger partial charge < -0.3 is 10.2 Å². The van der Waals surface area contributed by atoms with Gasteiger partial charge in [-0.15, -0.1) is 11.3 Å². The molecule has 0 fully saturated rings. The van der Waals surface area contributed by atoms with Crippen molar-refractivity contribution >= 4 is 27.5 Å². The molecule has 0 unspecified atom stereocenters. The van der Waals surface area contributed by atoms with E-state index in [9.17, 15) is 19.8 Å². The Morgan fingerprint density at radius 2 is 1.90 bits per heavy atom. The third-order valence-electron chi connectivity index (χ3n) is 3.24. The minimum atomic E-state index is -1.30. The fourth-order valence-electron chi connectivity index (χ4n) is 2.28. The van der Waals surface area contributed by atoms with Crippen molar-refractivity contribution < 1.29 is 15.0 Å². The van der Waals surface area contributed by atoms with E-state index in [4.69, 9.17) is 0 Å². The molecule has 0 amide bonds.